The highest BCUT2D eigenvalue weighted by Gasteiger charge is 2.45. The van der Waals surface area contributed by atoms with E-state index in [4.69, 9.17) is 4.74 Å². The van der Waals surface area contributed by atoms with Crippen LogP contribution in [-0.4, -0.2) is 39.8 Å². The standard InChI is InChI=1S/C29H30N2O4/c1-2-3-7-19-35-24-12-8-11-23(20-24)26-25(27(32)22-13-16-30-17-14-22)28(33)29(34)31(26)18-15-21-9-5-4-6-10-21/h4-6,8-14,16-17,20,26,32H,2-3,7,15,18-19H2,1H3. The zero-order valence-electron chi connectivity index (χ0n) is 19.9. The summed E-state index contributed by atoms with van der Waals surface area (Å²) in [4.78, 5) is 31.9. The molecule has 0 aliphatic carbocycles. The Morgan fingerprint density at radius 1 is 1.00 bits per heavy atom. The van der Waals surface area contributed by atoms with Gasteiger partial charge in [-0.05, 0) is 48.2 Å². The molecule has 2 heterocycles. The van der Waals surface area contributed by atoms with Crippen LogP contribution < -0.4 is 4.74 Å². The number of aliphatic hydroxyl groups is 1. The molecule has 35 heavy (non-hydrogen) atoms. The minimum atomic E-state index is -0.717. The van der Waals surface area contributed by atoms with Crippen molar-refractivity contribution in [3.05, 3.63) is 101 Å². The topological polar surface area (TPSA) is 79.7 Å². The number of carbonyl (C=O) groups is 2. The summed E-state index contributed by atoms with van der Waals surface area (Å²) in [5.74, 6) is -0.828. The van der Waals surface area contributed by atoms with Crippen LogP contribution in [0.4, 0.5) is 0 Å². The number of aliphatic hydroxyl groups excluding tert-OH is 1. The van der Waals surface area contributed by atoms with Gasteiger partial charge < -0.3 is 14.7 Å². The van der Waals surface area contributed by atoms with Crippen molar-refractivity contribution < 1.29 is 19.4 Å². The van der Waals surface area contributed by atoms with Crippen molar-refractivity contribution in [2.24, 2.45) is 0 Å². The molecule has 1 atom stereocenters. The molecular formula is C29H30N2O4. The van der Waals surface area contributed by atoms with Gasteiger partial charge in [-0.25, -0.2) is 0 Å². The predicted molar refractivity (Wildman–Crippen MR) is 135 cm³/mol. The third kappa shape index (κ3) is 5.60. The van der Waals surface area contributed by atoms with Crippen LogP contribution in [0.1, 0.15) is 48.9 Å². The first-order valence-electron chi connectivity index (χ1n) is 12.1. The Bertz CT molecular complexity index is 1190. The molecule has 1 aliphatic rings. The molecule has 0 radical (unpaired) electrons. The Kier molecular flexibility index (Phi) is 7.93. The molecule has 1 N–H and O–H groups in total. The number of likely N-dealkylation sites (tertiary alicyclic amines) is 1. The first kappa shape index (κ1) is 24.2. The molecule has 2 aromatic carbocycles. The molecule has 1 aromatic heterocycles. The number of ether oxygens (including phenoxy) is 1. The number of nitrogens with zero attached hydrogens (tertiary/aromatic N) is 2. The van der Waals surface area contributed by atoms with Crippen molar-refractivity contribution in [2.45, 2.75) is 38.6 Å². The van der Waals surface area contributed by atoms with E-state index < -0.39 is 17.7 Å². The van der Waals surface area contributed by atoms with E-state index in [0.29, 0.717) is 30.9 Å². The van der Waals surface area contributed by atoms with Crippen molar-refractivity contribution in [3.63, 3.8) is 0 Å². The molecule has 0 spiro atoms. The van der Waals surface area contributed by atoms with Crippen molar-refractivity contribution in [1.82, 2.24) is 9.88 Å². The lowest BCUT2D eigenvalue weighted by Crippen LogP contribution is -2.31. The Morgan fingerprint density at radius 2 is 1.77 bits per heavy atom. The van der Waals surface area contributed by atoms with E-state index in [9.17, 15) is 14.7 Å². The molecule has 1 amide bonds. The highest BCUT2D eigenvalue weighted by atomic mass is 16.5. The Morgan fingerprint density at radius 3 is 2.51 bits per heavy atom. The van der Waals surface area contributed by atoms with E-state index in [1.54, 1.807) is 29.4 Å². The molecule has 1 saturated heterocycles. The van der Waals surface area contributed by atoms with Crippen molar-refractivity contribution in [1.29, 1.82) is 0 Å². The van der Waals surface area contributed by atoms with Gasteiger partial charge in [0.2, 0.25) is 0 Å². The molecule has 180 valence electrons. The fourth-order valence-electron chi connectivity index (χ4n) is 4.33. The predicted octanol–water partition coefficient (Wildman–Crippen LogP) is 5.32. The summed E-state index contributed by atoms with van der Waals surface area (Å²) in [6.07, 6.45) is 6.82. The average molecular weight is 471 g/mol. The summed E-state index contributed by atoms with van der Waals surface area (Å²) >= 11 is 0. The molecule has 1 fully saturated rings. The Balaban J connectivity index is 1.71. The third-order valence-corrected chi connectivity index (χ3v) is 6.17. The molecule has 4 rings (SSSR count). The van der Waals surface area contributed by atoms with Gasteiger partial charge in [0.15, 0.2) is 0 Å². The first-order chi connectivity index (χ1) is 17.1. The number of amides is 1. The van der Waals surface area contributed by atoms with E-state index in [2.05, 4.69) is 11.9 Å². The lowest BCUT2D eigenvalue weighted by atomic mass is 9.95. The number of carbonyl (C=O) groups excluding carboxylic acids is 2. The largest absolute Gasteiger partial charge is 0.507 e. The van der Waals surface area contributed by atoms with E-state index in [1.807, 2.05) is 54.6 Å². The SMILES string of the molecule is CCCCCOc1cccc(C2C(=C(O)c3ccncc3)C(=O)C(=O)N2CCc2ccccc2)c1. The highest BCUT2D eigenvalue weighted by molar-refractivity contribution is 6.46. The normalized spacial score (nSPS) is 17.1. The number of benzene rings is 2. The summed E-state index contributed by atoms with van der Waals surface area (Å²) < 4.78 is 5.93. The molecule has 6 nitrogen and oxygen atoms in total. The van der Waals surface area contributed by atoms with Crippen LogP contribution >= 0.6 is 0 Å². The van der Waals surface area contributed by atoms with Gasteiger partial charge in [-0.2, -0.15) is 0 Å². The van der Waals surface area contributed by atoms with E-state index in [-0.39, 0.29) is 11.3 Å². The first-order valence-corrected chi connectivity index (χ1v) is 12.1. The molecule has 3 aromatic rings. The van der Waals surface area contributed by atoms with Crippen molar-refractivity contribution in [2.75, 3.05) is 13.2 Å². The van der Waals surface area contributed by atoms with Crippen molar-refractivity contribution in [3.8, 4) is 5.75 Å². The second-order valence-corrected chi connectivity index (χ2v) is 8.59. The molecule has 0 saturated carbocycles. The summed E-state index contributed by atoms with van der Waals surface area (Å²) in [7, 11) is 0. The molecular weight excluding hydrogens is 440 g/mol. The number of ketones is 1. The maximum atomic E-state index is 13.2. The van der Waals surface area contributed by atoms with E-state index in [0.717, 1.165) is 30.4 Å². The summed E-state index contributed by atoms with van der Waals surface area (Å²) in [5.41, 5.74) is 2.31. The van der Waals surface area contributed by atoms with E-state index in [1.165, 1.54) is 0 Å². The summed E-state index contributed by atoms with van der Waals surface area (Å²) in [5, 5.41) is 11.1. The van der Waals surface area contributed by atoms with Crippen LogP contribution in [0, 0.1) is 0 Å². The van der Waals surface area contributed by atoms with Crippen LogP contribution in [0.25, 0.3) is 5.76 Å². The molecule has 0 bridgehead atoms. The van der Waals surface area contributed by atoms with Gasteiger partial charge in [0, 0.05) is 24.5 Å². The van der Waals surface area contributed by atoms with E-state index >= 15 is 0 Å². The monoisotopic (exact) mass is 470 g/mol. The van der Waals surface area contributed by atoms with Gasteiger partial charge in [0.1, 0.15) is 11.5 Å². The van der Waals surface area contributed by atoms with Gasteiger partial charge in [-0.15, -0.1) is 0 Å². The number of hydrogen-bond acceptors (Lipinski definition) is 5. The summed E-state index contributed by atoms with van der Waals surface area (Å²) in [6.45, 7) is 3.08. The second-order valence-electron chi connectivity index (χ2n) is 8.59. The second kappa shape index (κ2) is 11.5. The maximum Gasteiger partial charge on any atom is 0.295 e. The number of unbranched alkanes of at least 4 members (excludes halogenated alkanes) is 2. The van der Waals surface area contributed by atoms with Crippen LogP contribution in [0.15, 0.2) is 84.7 Å². The average Bonchev–Trinajstić information content (AvgIpc) is 3.16. The number of pyridine rings is 1. The van der Waals surface area contributed by atoms with Crippen LogP contribution in [0.2, 0.25) is 0 Å². The quantitative estimate of drug-likeness (QED) is 0.188. The zero-order valence-corrected chi connectivity index (χ0v) is 19.9. The lowest BCUT2D eigenvalue weighted by molar-refractivity contribution is -0.139. The maximum absolute atomic E-state index is 13.2. The molecule has 1 unspecified atom stereocenters. The fourth-order valence-corrected chi connectivity index (χ4v) is 4.33. The molecule has 6 heteroatoms. The number of hydrogen-bond donors (Lipinski definition) is 1. The zero-order chi connectivity index (χ0) is 24.6. The Hall–Kier alpha value is -3.93. The van der Waals surface area contributed by atoms with Crippen LogP contribution in [-0.2, 0) is 16.0 Å². The third-order valence-electron chi connectivity index (χ3n) is 6.17. The van der Waals surface area contributed by atoms with Crippen molar-refractivity contribution >= 4 is 17.4 Å². The number of rotatable bonds is 10. The summed E-state index contributed by atoms with van der Waals surface area (Å²) in [6, 6.07) is 19.8. The van der Waals surface area contributed by atoms with Crippen LogP contribution in [0.3, 0.4) is 0 Å². The highest BCUT2D eigenvalue weighted by Crippen LogP contribution is 2.40. The smallest absolute Gasteiger partial charge is 0.295 e. The lowest BCUT2D eigenvalue weighted by Gasteiger charge is -2.26. The van der Waals surface area contributed by atoms with Gasteiger partial charge >= 0.3 is 0 Å². The number of aromatic nitrogens is 1. The minimum absolute atomic E-state index is 0.0809. The fraction of sp³-hybridized carbons (Fsp3) is 0.276. The van der Waals surface area contributed by atoms with Crippen LogP contribution in [0.5, 0.6) is 5.75 Å². The molecule has 1 aliphatic heterocycles. The number of Topliss-reactive ketones (excluding diaryl/α,β-unsaturated/α-hetero) is 1. The van der Waals surface area contributed by atoms with Gasteiger partial charge in [0.05, 0.1) is 18.2 Å². The Labute approximate surface area is 205 Å². The van der Waals surface area contributed by atoms with Gasteiger partial charge in [-0.3, -0.25) is 14.6 Å². The van der Waals surface area contributed by atoms with Gasteiger partial charge in [-0.1, -0.05) is 62.2 Å². The van der Waals surface area contributed by atoms with Gasteiger partial charge in [0.25, 0.3) is 11.7 Å². The minimum Gasteiger partial charge on any atom is -0.507 e.